The van der Waals surface area contributed by atoms with Crippen molar-refractivity contribution >= 4 is 28.8 Å². The van der Waals surface area contributed by atoms with Crippen LogP contribution in [0.5, 0.6) is 5.75 Å². The van der Waals surface area contributed by atoms with Gasteiger partial charge in [0.1, 0.15) is 23.1 Å². The van der Waals surface area contributed by atoms with Gasteiger partial charge in [-0.3, -0.25) is 4.79 Å². The van der Waals surface area contributed by atoms with E-state index in [4.69, 9.17) is 16.3 Å². The molecule has 1 aromatic heterocycles. The Morgan fingerprint density at radius 2 is 2.04 bits per heavy atom. The van der Waals surface area contributed by atoms with E-state index >= 15 is 0 Å². The third-order valence-corrected chi connectivity index (χ3v) is 4.82. The Hall–Kier alpha value is -2.37. The Morgan fingerprint density at radius 1 is 1.23 bits per heavy atom. The molecule has 0 saturated carbocycles. The van der Waals surface area contributed by atoms with Crippen LogP contribution in [-0.4, -0.2) is 17.4 Å². The zero-order chi connectivity index (χ0) is 18.4. The summed E-state index contributed by atoms with van der Waals surface area (Å²) in [5, 5.41) is 6.12. The molecule has 0 radical (unpaired) electrons. The number of amides is 1. The number of benzene rings is 2. The molecule has 0 aliphatic carbocycles. The van der Waals surface area contributed by atoms with Crippen LogP contribution < -0.4 is 10.1 Å². The first-order valence-corrected chi connectivity index (χ1v) is 9.63. The van der Waals surface area contributed by atoms with Crippen molar-refractivity contribution in [2.24, 2.45) is 0 Å². The molecule has 6 heteroatoms. The summed E-state index contributed by atoms with van der Waals surface area (Å²) < 4.78 is 5.86. The van der Waals surface area contributed by atoms with Gasteiger partial charge in [-0.2, -0.15) is 0 Å². The summed E-state index contributed by atoms with van der Waals surface area (Å²) in [5.74, 6) is 0.620. The highest BCUT2D eigenvalue weighted by molar-refractivity contribution is 7.13. The topological polar surface area (TPSA) is 51.2 Å². The molecule has 0 aliphatic heterocycles. The number of halogens is 1. The molecule has 0 fully saturated rings. The van der Waals surface area contributed by atoms with E-state index in [1.165, 1.54) is 11.3 Å². The number of nitrogens with zero attached hydrogens (tertiary/aromatic N) is 1. The van der Waals surface area contributed by atoms with E-state index in [2.05, 4.69) is 10.3 Å². The molecule has 0 aliphatic rings. The van der Waals surface area contributed by atoms with Crippen molar-refractivity contribution in [3.8, 4) is 16.3 Å². The number of hydrogen-bond acceptors (Lipinski definition) is 4. The van der Waals surface area contributed by atoms with Crippen LogP contribution in [0.1, 0.15) is 29.4 Å². The number of carbonyl (C=O) groups is 1. The van der Waals surface area contributed by atoms with Gasteiger partial charge in [0.25, 0.3) is 5.91 Å². The van der Waals surface area contributed by atoms with Gasteiger partial charge in [-0.05, 0) is 36.2 Å². The zero-order valence-electron chi connectivity index (χ0n) is 14.4. The standard InChI is InChI=1S/C20H19ClN2O2S/c1-2-10-22-19(24)18-13-26-20(23-18)15-4-3-5-17(11-15)25-12-14-6-8-16(21)9-7-14/h3-9,11,13H,2,10,12H2,1H3,(H,22,24). The lowest BCUT2D eigenvalue weighted by Crippen LogP contribution is -2.24. The quantitative estimate of drug-likeness (QED) is 0.608. The number of nitrogens with one attached hydrogen (secondary N) is 1. The van der Waals surface area contributed by atoms with Crippen LogP contribution in [0.2, 0.25) is 5.02 Å². The third-order valence-electron chi connectivity index (χ3n) is 3.67. The van der Waals surface area contributed by atoms with Crippen LogP contribution in [-0.2, 0) is 6.61 Å². The molecule has 3 aromatic rings. The van der Waals surface area contributed by atoms with Crippen molar-refractivity contribution < 1.29 is 9.53 Å². The number of aromatic nitrogens is 1. The van der Waals surface area contributed by atoms with Gasteiger partial charge in [0.2, 0.25) is 0 Å². The van der Waals surface area contributed by atoms with Crippen LogP contribution in [0.25, 0.3) is 10.6 Å². The van der Waals surface area contributed by atoms with Gasteiger partial charge < -0.3 is 10.1 Å². The van der Waals surface area contributed by atoms with Gasteiger partial charge in [-0.25, -0.2) is 4.98 Å². The maximum Gasteiger partial charge on any atom is 0.270 e. The summed E-state index contributed by atoms with van der Waals surface area (Å²) in [5.41, 5.74) is 2.42. The van der Waals surface area contributed by atoms with Crippen LogP contribution in [0.15, 0.2) is 53.9 Å². The maximum absolute atomic E-state index is 12.0. The molecule has 3 rings (SSSR count). The van der Waals surface area contributed by atoms with Crippen LogP contribution >= 0.6 is 22.9 Å². The Morgan fingerprint density at radius 3 is 2.81 bits per heavy atom. The second kappa shape index (κ2) is 8.83. The fourth-order valence-corrected chi connectivity index (χ4v) is 3.23. The zero-order valence-corrected chi connectivity index (χ0v) is 15.9. The lowest BCUT2D eigenvalue weighted by atomic mass is 10.2. The Labute approximate surface area is 161 Å². The molecule has 1 N–H and O–H groups in total. The van der Waals surface area contributed by atoms with Crippen LogP contribution in [0.3, 0.4) is 0 Å². The number of hydrogen-bond donors (Lipinski definition) is 1. The molecular formula is C20H19ClN2O2S. The first-order valence-electron chi connectivity index (χ1n) is 8.37. The first kappa shape index (κ1) is 18.4. The second-order valence-corrected chi connectivity index (χ2v) is 7.03. The van der Waals surface area contributed by atoms with E-state index in [1.54, 1.807) is 5.38 Å². The minimum atomic E-state index is -0.135. The van der Waals surface area contributed by atoms with E-state index < -0.39 is 0 Å². The van der Waals surface area contributed by atoms with Crippen molar-refractivity contribution in [3.05, 3.63) is 70.2 Å². The number of rotatable bonds is 7. The van der Waals surface area contributed by atoms with Gasteiger partial charge in [0, 0.05) is 22.5 Å². The molecule has 0 atom stereocenters. The van der Waals surface area contributed by atoms with Crippen molar-refractivity contribution in [2.45, 2.75) is 20.0 Å². The van der Waals surface area contributed by atoms with Crippen molar-refractivity contribution in [3.63, 3.8) is 0 Å². The Bertz CT molecular complexity index is 878. The lowest BCUT2D eigenvalue weighted by Gasteiger charge is -2.07. The molecule has 26 heavy (non-hydrogen) atoms. The fourth-order valence-electron chi connectivity index (χ4n) is 2.31. The fraction of sp³-hybridized carbons (Fsp3) is 0.200. The average Bonchev–Trinajstić information content (AvgIpc) is 3.16. The number of carbonyl (C=O) groups excluding carboxylic acids is 1. The van der Waals surface area contributed by atoms with Crippen LogP contribution in [0.4, 0.5) is 0 Å². The average molecular weight is 387 g/mol. The van der Waals surface area contributed by atoms with E-state index in [-0.39, 0.29) is 5.91 Å². The highest BCUT2D eigenvalue weighted by Gasteiger charge is 2.11. The number of thiazole rings is 1. The van der Waals surface area contributed by atoms with Crippen molar-refractivity contribution in [1.82, 2.24) is 10.3 Å². The maximum atomic E-state index is 12.0. The minimum absolute atomic E-state index is 0.135. The van der Waals surface area contributed by atoms with E-state index in [1.807, 2.05) is 55.5 Å². The Balaban J connectivity index is 1.68. The SMILES string of the molecule is CCCNC(=O)c1csc(-c2cccc(OCc3ccc(Cl)cc3)c2)n1. The summed E-state index contributed by atoms with van der Waals surface area (Å²) in [7, 11) is 0. The van der Waals surface area contributed by atoms with Gasteiger partial charge in [-0.15, -0.1) is 11.3 Å². The summed E-state index contributed by atoms with van der Waals surface area (Å²) in [6, 6.07) is 15.3. The molecule has 0 saturated heterocycles. The third kappa shape index (κ3) is 4.84. The smallest absolute Gasteiger partial charge is 0.270 e. The predicted molar refractivity (Wildman–Crippen MR) is 106 cm³/mol. The Kier molecular flexibility index (Phi) is 6.26. The monoisotopic (exact) mass is 386 g/mol. The molecular weight excluding hydrogens is 368 g/mol. The van der Waals surface area contributed by atoms with Crippen LogP contribution in [0, 0.1) is 0 Å². The molecule has 4 nitrogen and oxygen atoms in total. The van der Waals surface area contributed by atoms with Gasteiger partial charge >= 0.3 is 0 Å². The van der Waals surface area contributed by atoms with E-state index in [9.17, 15) is 4.79 Å². The number of ether oxygens (including phenoxy) is 1. The lowest BCUT2D eigenvalue weighted by molar-refractivity contribution is 0.0949. The largest absolute Gasteiger partial charge is 0.489 e. The van der Waals surface area contributed by atoms with E-state index in [0.29, 0.717) is 23.9 Å². The second-order valence-electron chi connectivity index (χ2n) is 5.74. The van der Waals surface area contributed by atoms with Gasteiger partial charge in [-0.1, -0.05) is 42.8 Å². The molecule has 0 spiro atoms. The molecule has 0 bridgehead atoms. The molecule has 1 heterocycles. The molecule has 1 amide bonds. The van der Waals surface area contributed by atoms with Gasteiger partial charge in [0.05, 0.1) is 0 Å². The van der Waals surface area contributed by atoms with E-state index in [0.717, 1.165) is 28.3 Å². The summed E-state index contributed by atoms with van der Waals surface area (Å²) >= 11 is 7.34. The first-order chi connectivity index (χ1) is 12.7. The highest BCUT2D eigenvalue weighted by atomic mass is 35.5. The predicted octanol–water partition coefficient (Wildman–Crippen LogP) is 5.18. The minimum Gasteiger partial charge on any atom is -0.489 e. The normalized spacial score (nSPS) is 10.5. The van der Waals surface area contributed by atoms with Crippen molar-refractivity contribution in [1.29, 1.82) is 0 Å². The molecule has 134 valence electrons. The molecule has 0 unspecified atom stereocenters. The summed E-state index contributed by atoms with van der Waals surface area (Å²) in [6.07, 6.45) is 0.899. The molecule has 2 aromatic carbocycles. The summed E-state index contributed by atoms with van der Waals surface area (Å²) in [4.78, 5) is 16.4. The van der Waals surface area contributed by atoms with Gasteiger partial charge in [0.15, 0.2) is 0 Å². The summed E-state index contributed by atoms with van der Waals surface area (Å²) in [6.45, 7) is 3.13. The highest BCUT2D eigenvalue weighted by Crippen LogP contribution is 2.27. The van der Waals surface area contributed by atoms with Crippen molar-refractivity contribution in [2.75, 3.05) is 6.54 Å².